The van der Waals surface area contributed by atoms with Crippen molar-refractivity contribution in [3.8, 4) is 0 Å². The molecule has 0 fully saturated rings. The van der Waals surface area contributed by atoms with Crippen LogP contribution in [-0.4, -0.2) is 6.04 Å². The number of anilines is 2. The van der Waals surface area contributed by atoms with Gasteiger partial charge in [-0.25, -0.2) is 0 Å². The van der Waals surface area contributed by atoms with E-state index < -0.39 is 5.54 Å². The van der Waals surface area contributed by atoms with Gasteiger partial charge in [0.2, 0.25) is 0 Å². The van der Waals surface area contributed by atoms with Crippen LogP contribution in [0.1, 0.15) is 5.56 Å². The van der Waals surface area contributed by atoms with Crippen LogP contribution in [-0.2, 0) is 5.54 Å². The quantitative estimate of drug-likeness (QED) is 0.512. The maximum Gasteiger partial charge on any atom is 0.0828 e. The first-order valence-corrected chi connectivity index (χ1v) is 5.10. The lowest BCUT2D eigenvalue weighted by atomic mass is 9.79. The zero-order chi connectivity index (χ0) is 11.8. The molecule has 2 atom stereocenters. The van der Waals surface area contributed by atoms with Crippen molar-refractivity contribution in [2.75, 3.05) is 11.5 Å². The normalized spacial score (nSPS) is 28.2. The fraction of sp³-hybridized carbons (Fsp3) is 0.167. The highest BCUT2D eigenvalue weighted by Gasteiger charge is 2.34. The van der Waals surface area contributed by atoms with Crippen LogP contribution >= 0.6 is 0 Å². The van der Waals surface area contributed by atoms with Crippen molar-refractivity contribution in [1.29, 1.82) is 0 Å². The van der Waals surface area contributed by atoms with Crippen LogP contribution in [0.15, 0.2) is 42.5 Å². The van der Waals surface area contributed by atoms with Gasteiger partial charge in [0, 0.05) is 23.0 Å². The van der Waals surface area contributed by atoms with Gasteiger partial charge < -0.3 is 22.9 Å². The monoisotopic (exact) mass is 216 g/mol. The van der Waals surface area contributed by atoms with Crippen LogP contribution in [0.25, 0.3) is 0 Å². The number of nitrogen functional groups attached to an aromatic ring is 2. The van der Waals surface area contributed by atoms with Gasteiger partial charge in [-0.05, 0) is 12.1 Å². The molecule has 8 N–H and O–H groups in total. The summed E-state index contributed by atoms with van der Waals surface area (Å²) in [6.07, 6.45) is 7.39. The van der Waals surface area contributed by atoms with E-state index in [9.17, 15) is 0 Å². The summed E-state index contributed by atoms with van der Waals surface area (Å²) in [6, 6.07) is 5.02. The molecule has 0 saturated heterocycles. The zero-order valence-corrected chi connectivity index (χ0v) is 8.93. The summed E-state index contributed by atoms with van der Waals surface area (Å²) in [5.41, 5.74) is 25.2. The lowest BCUT2D eigenvalue weighted by molar-refractivity contribution is 0.496. The maximum atomic E-state index is 6.30. The number of benzene rings is 1. The first kappa shape index (κ1) is 10.7. The Balaban J connectivity index is 2.59. The van der Waals surface area contributed by atoms with Crippen molar-refractivity contribution in [2.24, 2.45) is 11.5 Å². The molecule has 1 aliphatic carbocycles. The van der Waals surface area contributed by atoms with Crippen molar-refractivity contribution in [2.45, 2.75) is 11.6 Å². The molecule has 0 aliphatic heterocycles. The van der Waals surface area contributed by atoms with E-state index in [1.54, 1.807) is 18.2 Å². The Kier molecular flexibility index (Phi) is 2.46. The van der Waals surface area contributed by atoms with E-state index in [-0.39, 0.29) is 6.04 Å². The second-order valence-electron chi connectivity index (χ2n) is 4.01. The van der Waals surface area contributed by atoms with Crippen LogP contribution in [0.2, 0.25) is 0 Å². The molecule has 2 rings (SSSR count). The molecule has 1 aromatic rings. The fourth-order valence-corrected chi connectivity index (χ4v) is 2.01. The van der Waals surface area contributed by atoms with E-state index in [2.05, 4.69) is 0 Å². The summed E-state index contributed by atoms with van der Waals surface area (Å²) in [6.45, 7) is 0. The van der Waals surface area contributed by atoms with Crippen LogP contribution in [0, 0.1) is 0 Å². The van der Waals surface area contributed by atoms with Crippen LogP contribution in [0.5, 0.6) is 0 Å². The van der Waals surface area contributed by atoms with Gasteiger partial charge in [-0.3, -0.25) is 0 Å². The van der Waals surface area contributed by atoms with Crippen LogP contribution in [0.3, 0.4) is 0 Å². The minimum atomic E-state index is -0.829. The minimum Gasteiger partial charge on any atom is -0.398 e. The van der Waals surface area contributed by atoms with Gasteiger partial charge in [0.15, 0.2) is 0 Å². The van der Waals surface area contributed by atoms with E-state index in [4.69, 9.17) is 22.9 Å². The number of nitrogens with two attached hydrogens (primary N) is 4. The molecule has 0 radical (unpaired) electrons. The molecule has 0 aromatic heterocycles. The predicted molar refractivity (Wildman–Crippen MR) is 67.4 cm³/mol. The number of allylic oxidation sites excluding steroid dienone is 2. The first-order valence-electron chi connectivity index (χ1n) is 5.10. The summed E-state index contributed by atoms with van der Waals surface area (Å²) in [7, 11) is 0. The smallest absolute Gasteiger partial charge is 0.0828 e. The molecule has 4 heteroatoms. The Hall–Kier alpha value is -1.78. The molecule has 0 spiro atoms. The molecule has 2 unspecified atom stereocenters. The highest BCUT2D eigenvalue weighted by molar-refractivity contribution is 5.66. The third-order valence-electron chi connectivity index (χ3n) is 2.92. The fourth-order valence-electron chi connectivity index (χ4n) is 2.01. The second kappa shape index (κ2) is 3.66. The lowest BCUT2D eigenvalue weighted by Crippen LogP contribution is -2.51. The van der Waals surface area contributed by atoms with Crippen molar-refractivity contribution in [3.63, 3.8) is 0 Å². The number of hydrogen-bond donors (Lipinski definition) is 4. The van der Waals surface area contributed by atoms with Crippen molar-refractivity contribution in [1.82, 2.24) is 0 Å². The largest absolute Gasteiger partial charge is 0.398 e. The number of hydrogen-bond acceptors (Lipinski definition) is 4. The SMILES string of the molecule is Nc1cccc(N)c1C1(N)C=CC=CC1N. The summed E-state index contributed by atoms with van der Waals surface area (Å²) >= 11 is 0. The lowest BCUT2D eigenvalue weighted by Gasteiger charge is -2.34. The van der Waals surface area contributed by atoms with Crippen LogP contribution < -0.4 is 22.9 Å². The van der Waals surface area contributed by atoms with Gasteiger partial charge in [0.1, 0.15) is 0 Å². The second-order valence-corrected chi connectivity index (χ2v) is 4.01. The third kappa shape index (κ3) is 1.48. The topological polar surface area (TPSA) is 104 Å². The standard InChI is InChI=1S/C12H16N4/c13-8-4-3-5-9(14)11(8)12(16)7-2-1-6-10(12)15/h1-7,10H,13-16H2. The maximum absolute atomic E-state index is 6.30. The van der Waals surface area contributed by atoms with E-state index in [0.717, 1.165) is 0 Å². The molecule has 0 heterocycles. The average Bonchev–Trinajstić information content (AvgIpc) is 2.22. The summed E-state index contributed by atoms with van der Waals surface area (Å²) in [5, 5.41) is 0. The van der Waals surface area contributed by atoms with Gasteiger partial charge in [0.05, 0.1) is 5.54 Å². The van der Waals surface area contributed by atoms with Gasteiger partial charge in [-0.2, -0.15) is 0 Å². The van der Waals surface area contributed by atoms with E-state index >= 15 is 0 Å². The summed E-state index contributed by atoms with van der Waals surface area (Å²) in [4.78, 5) is 0. The van der Waals surface area contributed by atoms with E-state index in [0.29, 0.717) is 16.9 Å². The Labute approximate surface area is 94.6 Å². The molecule has 4 nitrogen and oxygen atoms in total. The number of rotatable bonds is 1. The Morgan fingerprint density at radius 3 is 2.25 bits per heavy atom. The molecule has 0 amide bonds. The molecule has 16 heavy (non-hydrogen) atoms. The van der Waals surface area contributed by atoms with Crippen molar-refractivity contribution >= 4 is 11.4 Å². The van der Waals surface area contributed by atoms with Gasteiger partial charge >= 0.3 is 0 Å². The van der Waals surface area contributed by atoms with Gasteiger partial charge in [-0.1, -0.05) is 30.4 Å². The van der Waals surface area contributed by atoms with Crippen LogP contribution in [0.4, 0.5) is 11.4 Å². The molecular weight excluding hydrogens is 200 g/mol. The average molecular weight is 216 g/mol. The van der Waals surface area contributed by atoms with Gasteiger partial charge in [0.25, 0.3) is 0 Å². The zero-order valence-electron chi connectivity index (χ0n) is 8.93. The summed E-state index contributed by atoms with van der Waals surface area (Å²) in [5.74, 6) is 0. The predicted octanol–water partition coefficient (Wildman–Crippen LogP) is 0.458. The third-order valence-corrected chi connectivity index (χ3v) is 2.92. The van der Waals surface area contributed by atoms with Crippen molar-refractivity contribution < 1.29 is 0 Å². The molecule has 0 bridgehead atoms. The molecule has 1 aromatic carbocycles. The Bertz CT molecular complexity index is 444. The highest BCUT2D eigenvalue weighted by atomic mass is 14.9. The molecule has 0 saturated carbocycles. The highest BCUT2D eigenvalue weighted by Crippen LogP contribution is 2.34. The van der Waals surface area contributed by atoms with Crippen molar-refractivity contribution in [3.05, 3.63) is 48.1 Å². The van der Waals surface area contributed by atoms with E-state index in [1.165, 1.54) is 0 Å². The molecular formula is C12H16N4. The minimum absolute atomic E-state index is 0.329. The summed E-state index contributed by atoms with van der Waals surface area (Å²) < 4.78 is 0. The Morgan fingerprint density at radius 1 is 1.06 bits per heavy atom. The van der Waals surface area contributed by atoms with Gasteiger partial charge in [-0.15, -0.1) is 0 Å². The molecule has 84 valence electrons. The first-order chi connectivity index (χ1) is 7.55. The Morgan fingerprint density at radius 2 is 1.69 bits per heavy atom. The molecule has 1 aliphatic rings. The van der Waals surface area contributed by atoms with E-state index in [1.807, 2.05) is 24.3 Å².